The third kappa shape index (κ3) is 2.10. The Bertz CT molecular complexity index is 334. The molecule has 0 spiro atoms. The van der Waals surface area contributed by atoms with Gasteiger partial charge in [-0.05, 0) is 18.1 Å². The zero-order valence-corrected chi connectivity index (χ0v) is 8.34. The lowest BCUT2D eigenvalue weighted by Gasteiger charge is -2.07. The number of halogens is 1. The minimum Gasteiger partial charge on any atom is -0.497 e. The second kappa shape index (κ2) is 4.74. The number of rotatable bonds is 4. The molecule has 0 aliphatic carbocycles. The van der Waals surface area contributed by atoms with E-state index in [0.29, 0.717) is 24.0 Å². The van der Waals surface area contributed by atoms with E-state index in [1.165, 1.54) is 13.2 Å². The Morgan fingerprint density at radius 3 is 2.71 bits per heavy atom. The van der Waals surface area contributed by atoms with Crippen LogP contribution in [0.2, 0.25) is 0 Å². The van der Waals surface area contributed by atoms with Gasteiger partial charge in [0.15, 0.2) is 6.29 Å². The van der Waals surface area contributed by atoms with Crippen molar-refractivity contribution >= 4 is 6.29 Å². The van der Waals surface area contributed by atoms with Gasteiger partial charge in [-0.3, -0.25) is 4.79 Å². The van der Waals surface area contributed by atoms with Crippen LogP contribution in [0.4, 0.5) is 4.39 Å². The molecule has 1 rings (SSSR count). The quantitative estimate of drug-likeness (QED) is 0.692. The highest BCUT2D eigenvalue weighted by atomic mass is 19.1. The van der Waals surface area contributed by atoms with E-state index in [-0.39, 0.29) is 5.56 Å². The first-order valence-electron chi connectivity index (χ1n) is 4.54. The van der Waals surface area contributed by atoms with Crippen LogP contribution in [0.25, 0.3) is 0 Å². The van der Waals surface area contributed by atoms with Crippen LogP contribution in [-0.4, -0.2) is 13.4 Å². The standard InChI is InChI=1S/C11H13FO2/c1-3-4-8-5-9(14-2)6-11(12)10(8)7-13/h5-7H,3-4H2,1-2H3. The Balaban J connectivity index is 3.20. The van der Waals surface area contributed by atoms with Crippen molar-refractivity contribution in [1.29, 1.82) is 0 Å². The molecule has 0 unspecified atom stereocenters. The summed E-state index contributed by atoms with van der Waals surface area (Å²) in [5.74, 6) is -0.0562. The molecule has 0 atom stereocenters. The van der Waals surface area contributed by atoms with Crippen LogP contribution in [0, 0.1) is 5.82 Å². The number of carbonyl (C=O) groups excluding carboxylic acids is 1. The van der Waals surface area contributed by atoms with E-state index in [9.17, 15) is 9.18 Å². The van der Waals surface area contributed by atoms with Crippen molar-refractivity contribution in [2.45, 2.75) is 19.8 Å². The molecular weight excluding hydrogens is 183 g/mol. The van der Waals surface area contributed by atoms with Crippen LogP contribution in [0.5, 0.6) is 5.75 Å². The van der Waals surface area contributed by atoms with E-state index >= 15 is 0 Å². The van der Waals surface area contributed by atoms with Crippen LogP contribution in [0.3, 0.4) is 0 Å². The van der Waals surface area contributed by atoms with Gasteiger partial charge in [-0.25, -0.2) is 4.39 Å². The fourth-order valence-electron chi connectivity index (χ4n) is 1.37. The van der Waals surface area contributed by atoms with Gasteiger partial charge in [0.05, 0.1) is 12.7 Å². The molecule has 0 aromatic heterocycles. The second-order valence-corrected chi connectivity index (χ2v) is 3.05. The average Bonchev–Trinajstić information content (AvgIpc) is 2.18. The minimum absolute atomic E-state index is 0.146. The van der Waals surface area contributed by atoms with Gasteiger partial charge < -0.3 is 4.74 Å². The van der Waals surface area contributed by atoms with Gasteiger partial charge in [-0.2, -0.15) is 0 Å². The van der Waals surface area contributed by atoms with Crippen LogP contribution in [0.1, 0.15) is 29.3 Å². The Morgan fingerprint density at radius 2 is 2.21 bits per heavy atom. The van der Waals surface area contributed by atoms with Crippen LogP contribution in [-0.2, 0) is 6.42 Å². The summed E-state index contributed by atoms with van der Waals surface area (Å²) < 4.78 is 18.2. The fraction of sp³-hybridized carbons (Fsp3) is 0.364. The van der Waals surface area contributed by atoms with Crippen LogP contribution in [0.15, 0.2) is 12.1 Å². The van der Waals surface area contributed by atoms with Crippen molar-refractivity contribution in [2.75, 3.05) is 7.11 Å². The maximum Gasteiger partial charge on any atom is 0.153 e. The SMILES string of the molecule is CCCc1cc(OC)cc(F)c1C=O. The molecule has 2 nitrogen and oxygen atoms in total. The smallest absolute Gasteiger partial charge is 0.153 e. The maximum atomic E-state index is 13.3. The highest BCUT2D eigenvalue weighted by molar-refractivity contribution is 5.78. The lowest BCUT2D eigenvalue weighted by atomic mass is 10.0. The van der Waals surface area contributed by atoms with Gasteiger partial charge in [-0.15, -0.1) is 0 Å². The summed E-state index contributed by atoms with van der Waals surface area (Å²) in [6.07, 6.45) is 2.11. The molecule has 1 aromatic carbocycles. The van der Waals surface area contributed by atoms with Crippen LogP contribution >= 0.6 is 0 Å². The molecular formula is C11H13FO2. The van der Waals surface area contributed by atoms with Crippen molar-refractivity contribution in [3.63, 3.8) is 0 Å². The number of ether oxygens (including phenoxy) is 1. The molecule has 76 valence electrons. The predicted octanol–water partition coefficient (Wildman–Crippen LogP) is 2.60. The number of hydrogen-bond acceptors (Lipinski definition) is 2. The molecule has 14 heavy (non-hydrogen) atoms. The number of aryl methyl sites for hydroxylation is 1. The molecule has 3 heteroatoms. The Morgan fingerprint density at radius 1 is 1.50 bits per heavy atom. The van der Waals surface area contributed by atoms with Crippen molar-refractivity contribution in [3.8, 4) is 5.75 Å². The first-order valence-corrected chi connectivity index (χ1v) is 4.54. The molecule has 0 amide bonds. The third-order valence-electron chi connectivity index (χ3n) is 2.06. The van der Waals surface area contributed by atoms with Gasteiger partial charge in [0.1, 0.15) is 11.6 Å². The summed E-state index contributed by atoms with van der Waals surface area (Å²) in [4.78, 5) is 10.6. The second-order valence-electron chi connectivity index (χ2n) is 3.05. The van der Waals surface area contributed by atoms with E-state index < -0.39 is 5.82 Å². The molecule has 0 saturated heterocycles. The summed E-state index contributed by atoms with van der Waals surface area (Å²) in [5.41, 5.74) is 0.854. The normalized spacial score (nSPS) is 9.93. The average molecular weight is 196 g/mol. The predicted molar refractivity (Wildman–Crippen MR) is 52.3 cm³/mol. The molecule has 0 N–H and O–H groups in total. The number of carbonyl (C=O) groups is 1. The Hall–Kier alpha value is -1.38. The van der Waals surface area contributed by atoms with E-state index in [4.69, 9.17) is 4.74 Å². The van der Waals surface area contributed by atoms with Crippen LogP contribution < -0.4 is 4.74 Å². The topological polar surface area (TPSA) is 26.3 Å². The molecule has 0 aliphatic heterocycles. The summed E-state index contributed by atoms with van der Waals surface area (Å²) in [6, 6.07) is 2.93. The first-order chi connectivity index (χ1) is 6.72. The largest absolute Gasteiger partial charge is 0.497 e. The van der Waals surface area contributed by atoms with E-state index in [1.807, 2.05) is 6.92 Å². The molecule has 0 radical (unpaired) electrons. The fourth-order valence-corrected chi connectivity index (χ4v) is 1.37. The Labute approximate surface area is 82.7 Å². The van der Waals surface area contributed by atoms with Gasteiger partial charge in [0.25, 0.3) is 0 Å². The zero-order valence-electron chi connectivity index (χ0n) is 8.34. The molecule has 0 aliphatic rings. The highest BCUT2D eigenvalue weighted by Crippen LogP contribution is 2.21. The van der Waals surface area contributed by atoms with Crippen molar-refractivity contribution in [3.05, 3.63) is 29.1 Å². The van der Waals surface area contributed by atoms with E-state index in [2.05, 4.69) is 0 Å². The van der Waals surface area contributed by atoms with E-state index in [1.54, 1.807) is 6.07 Å². The molecule has 1 aromatic rings. The van der Waals surface area contributed by atoms with Gasteiger partial charge in [-0.1, -0.05) is 13.3 Å². The Kier molecular flexibility index (Phi) is 3.63. The first kappa shape index (κ1) is 10.7. The highest BCUT2D eigenvalue weighted by Gasteiger charge is 2.09. The minimum atomic E-state index is -0.511. The third-order valence-corrected chi connectivity index (χ3v) is 2.06. The number of hydrogen-bond donors (Lipinski definition) is 0. The molecule has 0 saturated carbocycles. The van der Waals surface area contributed by atoms with Gasteiger partial charge in [0, 0.05) is 6.07 Å². The van der Waals surface area contributed by atoms with Crippen molar-refractivity contribution < 1.29 is 13.9 Å². The molecule has 0 fully saturated rings. The summed E-state index contributed by atoms with van der Waals surface area (Å²) >= 11 is 0. The maximum absolute atomic E-state index is 13.3. The van der Waals surface area contributed by atoms with Crippen molar-refractivity contribution in [2.24, 2.45) is 0 Å². The zero-order chi connectivity index (χ0) is 10.6. The molecule has 0 bridgehead atoms. The monoisotopic (exact) mass is 196 g/mol. The lowest BCUT2D eigenvalue weighted by molar-refractivity contribution is 0.111. The lowest BCUT2D eigenvalue weighted by Crippen LogP contribution is -1.98. The molecule has 0 heterocycles. The van der Waals surface area contributed by atoms with Crippen molar-refractivity contribution in [1.82, 2.24) is 0 Å². The number of aldehydes is 1. The van der Waals surface area contributed by atoms with Gasteiger partial charge >= 0.3 is 0 Å². The summed E-state index contributed by atoms with van der Waals surface area (Å²) in [6.45, 7) is 1.98. The van der Waals surface area contributed by atoms with E-state index in [0.717, 1.165) is 6.42 Å². The van der Waals surface area contributed by atoms with Gasteiger partial charge in [0.2, 0.25) is 0 Å². The summed E-state index contributed by atoms with van der Waals surface area (Å²) in [5, 5.41) is 0. The number of benzene rings is 1. The summed E-state index contributed by atoms with van der Waals surface area (Å²) in [7, 11) is 1.48. The number of methoxy groups -OCH3 is 1.